The normalized spacial score (nSPS) is 12.7. The highest BCUT2D eigenvalue weighted by molar-refractivity contribution is 6.00. The molecule has 0 aliphatic heterocycles. The highest BCUT2D eigenvalue weighted by atomic mass is 15.0. The van der Waals surface area contributed by atoms with E-state index in [2.05, 4.69) is 176 Å². The molecule has 0 saturated carbocycles. The van der Waals surface area contributed by atoms with E-state index in [4.69, 9.17) is 15.0 Å². The van der Waals surface area contributed by atoms with E-state index >= 15 is 0 Å². The van der Waals surface area contributed by atoms with Crippen molar-refractivity contribution in [2.75, 3.05) is 0 Å². The summed E-state index contributed by atoms with van der Waals surface area (Å²) in [6.07, 6.45) is 0. The van der Waals surface area contributed by atoms with Gasteiger partial charge in [-0.2, -0.15) is 0 Å². The van der Waals surface area contributed by atoms with Crippen LogP contribution in [-0.2, 0) is 5.41 Å². The van der Waals surface area contributed by atoms with Gasteiger partial charge in [0.2, 0.25) is 0 Å². The Hall–Kier alpha value is -8.53. The van der Waals surface area contributed by atoms with Crippen molar-refractivity contribution in [3.63, 3.8) is 0 Å². The van der Waals surface area contributed by atoms with Crippen LogP contribution in [0.1, 0.15) is 22.3 Å². The fourth-order valence-electron chi connectivity index (χ4n) is 10.6. The Balaban J connectivity index is 1.01. The Bertz CT molecular complexity index is 3560. The molecule has 0 amide bonds. The number of nitrogens with zero attached hydrogens (tertiary/aromatic N) is 3. The van der Waals surface area contributed by atoms with Crippen molar-refractivity contribution in [1.82, 2.24) is 15.0 Å². The third kappa shape index (κ3) is 5.86. The van der Waals surface area contributed by atoms with Gasteiger partial charge in [0.25, 0.3) is 0 Å². The first-order chi connectivity index (χ1) is 32.2. The molecule has 1 spiro atoms. The van der Waals surface area contributed by atoms with Gasteiger partial charge < -0.3 is 0 Å². The van der Waals surface area contributed by atoms with E-state index in [1.54, 1.807) is 0 Å². The molecular formula is C62H39N3. The zero-order valence-corrected chi connectivity index (χ0v) is 35.4. The summed E-state index contributed by atoms with van der Waals surface area (Å²) in [6.45, 7) is 0. The summed E-state index contributed by atoms with van der Waals surface area (Å²) in [7, 11) is 0. The molecule has 3 heteroatoms. The molecule has 0 radical (unpaired) electrons. The molecular weight excluding hydrogens is 787 g/mol. The molecule has 2 aliphatic carbocycles. The van der Waals surface area contributed by atoms with Gasteiger partial charge in [-0.3, -0.25) is 0 Å². The Labute approximate surface area is 378 Å². The number of hydrogen-bond acceptors (Lipinski definition) is 3. The molecule has 0 N–H and O–H groups in total. The van der Waals surface area contributed by atoms with Gasteiger partial charge in [0, 0.05) is 16.7 Å². The molecule has 0 atom stereocenters. The van der Waals surface area contributed by atoms with Gasteiger partial charge in [-0.05, 0) is 119 Å². The lowest BCUT2D eigenvalue weighted by Crippen LogP contribution is -2.25. The number of aromatic nitrogens is 3. The molecule has 13 rings (SSSR count). The lowest BCUT2D eigenvalue weighted by atomic mass is 9.70. The molecule has 11 aromatic rings. The summed E-state index contributed by atoms with van der Waals surface area (Å²) in [6, 6.07) is 85.6. The van der Waals surface area contributed by atoms with Gasteiger partial charge in [0.05, 0.1) is 5.41 Å². The van der Waals surface area contributed by atoms with Crippen LogP contribution in [0.15, 0.2) is 237 Å². The van der Waals surface area contributed by atoms with Gasteiger partial charge in [0.15, 0.2) is 17.5 Å². The van der Waals surface area contributed by atoms with Crippen LogP contribution in [-0.4, -0.2) is 15.0 Å². The van der Waals surface area contributed by atoms with E-state index in [-0.39, 0.29) is 0 Å². The summed E-state index contributed by atoms with van der Waals surface area (Å²) >= 11 is 0. The number of fused-ring (bicyclic) bond motifs is 11. The first kappa shape index (κ1) is 37.1. The van der Waals surface area contributed by atoms with E-state index in [9.17, 15) is 0 Å². The topological polar surface area (TPSA) is 38.7 Å². The first-order valence-corrected chi connectivity index (χ1v) is 22.3. The third-order valence-corrected chi connectivity index (χ3v) is 13.5. The van der Waals surface area contributed by atoms with Crippen molar-refractivity contribution in [2.24, 2.45) is 0 Å². The van der Waals surface area contributed by atoms with Crippen LogP contribution in [0.5, 0.6) is 0 Å². The average molecular weight is 826 g/mol. The molecule has 0 unspecified atom stereocenters. The predicted molar refractivity (Wildman–Crippen MR) is 266 cm³/mol. The third-order valence-electron chi connectivity index (χ3n) is 13.5. The minimum atomic E-state index is -0.455. The second-order valence-corrected chi connectivity index (χ2v) is 17.1. The number of benzene rings is 10. The van der Waals surface area contributed by atoms with E-state index in [0.717, 1.165) is 33.4 Å². The Morgan fingerprint density at radius 1 is 0.215 bits per heavy atom. The predicted octanol–water partition coefficient (Wildman–Crippen LogP) is 15.4. The lowest BCUT2D eigenvalue weighted by molar-refractivity contribution is 0.794. The van der Waals surface area contributed by atoms with Gasteiger partial charge in [-0.15, -0.1) is 0 Å². The smallest absolute Gasteiger partial charge is 0.164 e. The van der Waals surface area contributed by atoms with E-state index < -0.39 is 5.41 Å². The molecule has 1 heterocycles. The van der Waals surface area contributed by atoms with Crippen molar-refractivity contribution >= 4 is 10.8 Å². The van der Waals surface area contributed by atoms with Crippen molar-refractivity contribution in [3.05, 3.63) is 259 Å². The minimum Gasteiger partial charge on any atom is -0.208 e. The fourth-order valence-corrected chi connectivity index (χ4v) is 10.6. The monoisotopic (exact) mass is 825 g/mol. The van der Waals surface area contributed by atoms with Crippen LogP contribution in [0.4, 0.5) is 0 Å². The summed E-state index contributed by atoms with van der Waals surface area (Å²) in [5.74, 6) is 1.93. The van der Waals surface area contributed by atoms with Crippen LogP contribution in [0.2, 0.25) is 0 Å². The molecule has 0 fully saturated rings. The molecule has 1 aromatic heterocycles. The SMILES string of the molecule is c1ccc(-c2nc(-c3ccccc3)nc(-c3cccc(-c4cccc(-c5cc6c(cc5-c5ccc7ccccc7c5)-c5ccccc5C65c6ccccc6-c6ccccc65)c4)c3)n2)cc1. The Kier molecular flexibility index (Phi) is 8.44. The quantitative estimate of drug-likeness (QED) is 0.168. The molecule has 3 nitrogen and oxygen atoms in total. The second-order valence-electron chi connectivity index (χ2n) is 17.1. The largest absolute Gasteiger partial charge is 0.208 e. The van der Waals surface area contributed by atoms with Crippen LogP contribution in [0.25, 0.3) is 101 Å². The standard InChI is InChI=1S/C62H39N3/c1-3-18-41(19-4-1)59-63-60(42-20-5-2-6-21-42)65-61(64-59)48-26-16-24-45(37-48)44-23-15-25-46(36-44)53-39-58-54(38-52(53)47-34-33-40-17-7-8-22-43(40)35-47)51-29-11-14-32-57(51)62(58)55-30-12-9-27-49(55)50-28-10-13-31-56(50)62/h1-39H. The lowest BCUT2D eigenvalue weighted by Gasteiger charge is -2.31. The molecule has 2 aliphatic rings. The maximum Gasteiger partial charge on any atom is 0.164 e. The minimum absolute atomic E-state index is 0.455. The zero-order valence-electron chi connectivity index (χ0n) is 35.4. The van der Waals surface area contributed by atoms with Crippen LogP contribution in [0.3, 0.4) is 0 Å². The van der Waals surface area contributed by atoms with Crippen molar-refractivity contribution < 1.29 is 0 Å². The van der Waals surface area contributed by atoms with E-state index in [1.807, 2.05) is 60.7 Å². The maximum absolute atomic E-state index is 5.06. The molecule has 0 saturated heterocycles. The molecule has 302 valence electrons. The highest BCUT2D eigenvalue weighted by Crippen LogP contribution is 2.63. The van der Waals surface area contributed by atoms with E-state index in [0.29, 0.717) is 17.5 Å². The average Bonchev–Trinajstić information content (AvgIpc) is 3.85. The second kappa shape index (κ2) is 14.8. The van der Waals surface area contributed by atoms with Crippen LogP contribution >= 0.6 is 0 Å². The highest BCUT2D eigenvalue weighted by Gasteiger charge is 2.51. The summed E-state index contributed by atoms with van der Waals surface area (Å²) < 4.78 is 0. The Morgan fingerprint density at radius 2 is 0.631 bits per heavy atom. The summed E-state index contributed by atoms with van der Waals surface area (Å²) in [5, 5.41) is 2.45. The van der Waals surface area contributed by atoms with Gasteiger partial charge >= 0.3 is 0 Å². The number of rotatable bonds is 6. The van der Waals surface area contributed by atoms with Crippen molar-refractivity contribution in [2.45, 2.75) is 5.41 Å². The van der Waals surface area contributed by atoms with Crippen molar-refractivity contribution in [1.29, 1.82) is 0 Å². The van der Waals surface area contributed by atoms with Crippen molar-refractivity contribution in [3.8, 4) is 89.8 Å². The molecule has 10 aromatic carbocycles. The molecule has 65 heavy (non-hydrogen) atoms. The first-order valence-electron chi connectivity index (χ1n) is 22.3. The van der Waals surface area contributed by atoms with Gasteiger partial charge in [-0.1, -0.05) is 206 Å². The Morgan fingerprint density at radius 3 is 1.23 bits per heavy atom. The van der Waals surface area contributed by atoms with Crippen LogP contribution < -0.4 is 0 Å². The zero-order chi connectivity index (χ0) is 42.9. The van der Waals surface area contributed by atoms with Gasteiger partial charge in [-0.25, -0.2) is 15.0 Å². The van der Waals surface area contributed by atoms with E-state index in [1.165, 1.54) is 72.0 Å². The summed E-state index contributed by atoms with van der Waals surface area (Å²) in [4.78, 5) is 15.1. The maximum atomic E-state index is 5.06. The van der Waals surface area contributed by atoms with Crippen LogP contribution in [0, 0.1) is 0 Å². The molecule has 0 bridgehead atoms. The number of hydrogen-bond donors (Lipinski definition) is 0. The summed E-state index contributed by atoms with van der Waals surface area (Å²) in [5.41, 5.74) is 19.8. The fraction of sp³-hybridized carbons (Fsp3) is 0.0161. The van der Waals surface area contributed by atoms with Gasteiger partial charge in [0.1, 0.15) is 0 Å².